The van der Waals surface area contributed by atoms with E-state index in [1.807, 2.05) is 11.8 Å². The highest BCUT2D eigenvalue weighted by molar-refractivity contribution is 5.94. The average molecular weight is 267 g/mol. The molecule has 1 aromatic carbocycles. The molecule has 4 nitrogen and oxygen atoms in total. The molecule has 0 aromatic heterocycles. The molecule has 0 aliphatic carbocycles. The molecular formula is C14H18FNO3. The van der Waals surface area contributed by atoms with Crippen LogP contribution in [0.2, 0.25) is 0 Å². The first kappa shape index (κ1) is 14.0. The fraction of sp³-hybridized carbons (Fsp3) is 0.500. The van der Waals surface area contributed by atoms with Crippen LogP contribution in [0.5, 0.6) is 0 Å². The first-order chi connectivity index (χ1) is 9.02. The summed E-state index contributed by atoms with van der Waals surface area (Å²) in [5.74, 6) is -0.577. The third kappa shape index (κ3) is 2.93. The maximum absolute atomic E-state index is 14.1. The molecule has 1 aliphatic heterocycles. The molecule has 1 fully saturated rings. The van der Waals surface area contributed by atoms with Crippen LogP contribution in [0.4, 0.5) is 10.1 Å². The number of carbonyl (C=O) groups is 1. The summed E-state index contributed by atoms with van der Waals surface area (Å²) in [4.78, 5) is 13.1. The molecule has 1 N–H and O–H groups in total. The van der Waals surface area contributed by atoms with Gasteiger partial charge in [-0.1, -0.05) is 0 Å². The Morgan fingerprint density at radius 3 is 2.89 bits per heavy atom. The number of carbonyl (C=O) groups excluding carboxylic acids is 1. The van der Waals surface area contributed by atoms with Gasteiger partial charge in [0, 0.05) is 18.2 Å². The van der Waals surface area contributed by atoms with Crippen LogP contribution in [-0.2, 0) is 4.74 Å². The highest BCUT2D eigenvalue weighted by atomic mass is 19.1. The Balaban J connectivity index is 2.27. The molecule has 5 heteroatoms. The fourth-order valence-corrected chi connectivity index (χ4v) is 2.22. The molecule has 2 unspecified atom stereocenters. The van der Waals surface area contributed by atoms with Gasteiger partial charge in [-0.15, -0.1) is 0 Å². The Morgan fingerprint density at radius 2 is 2.32 bits per heavy atom. The molecule has 2 atom stereocenters. The number of anilines is 1. The van der Waals surface area contributed by atoms with E-state index < -0.39 is 5.82 Å². The Labute approximate surface area is 111 Å². The summed E-state index contributed by atoms with van der Waals surface area (Å²) in [5.41, 5.74) is 0.806. The normalized spacial score (nSPS) is 23.5. The topological polar surface area (TPSA) is 49.8 Å². The molecule has 1 saturated heterocycles. The molecule has 104 valence electrons. The van der Waals surface area contributed by atoms with Crippen LogP contribution < -0.4 is 4.90 Å². The number of ether oxygens (including phenoxy) is 1. The molecular weight excluding hydrogens is 249 g/mol. The monoisotopic (exact) mass is 267 g/mol. The number of hydrogen-bond donors (Lipinski definition) is 1. The molecule has 19 heavy (non-hydrogen) atoms. The van der Waals surface area contributed by atoms with Crippen LogP contribution in [0, 0.1) is 5.82 Å². The van der Waals surface area contributed by atoms with Gasteiger partial charge in [0.25, 0.3) is 0 Å². The number of rotatable bonds is 3. The highest BCUT2D eigenvalue weighted by Gasteiger charge is 2.27. The lowest BCUT2D eigenvalue weighted by molar-refractivity contribution is -0.0105. The molecule has 0 radical (unpaired) electrons. The van der Waals surface area contributed by atoms with Crippen LogP contribution in [0.1, 0.15) is 24.2 Å². The van der Waals surface area contributed by atoms with Crippen molar-refractivity contribution < 1.29 is 19.0 Å². The molecule has 0 saturated carbocycles. The molecule has 1 heterocycles. The minimum absolute atomic E-state index is 0.0282. The van der Waals surface area contributed by atoms with Gasteiger partial charge in [-0.3, -0.25) is 4.79 Å². The maximum Gasteiger partial charge on any atom is 0.159 e. The number of aliphatic hydroxyl groups excluding tert-OH is 1. The summed E-state index contributed by atoms with van der Waals surface area (Å²) >= 11 is 0. The fourth-order valence-electron chi connectivity index (χ4n) is 2.22. The van der Waals surface area contributed by atoms with E-state index in [0.717, 1.165) is 0 Å². The van der Waals surface area contributed by atoms with E-state index in [9.17, 15) is 9.18 Å². The first-order valence-corrected chi connectivity index (χ1v) is 6.32. The van der Waals surface area contributed by atoms with E-state index in [-0.39, 0.29) is 24.5 Å². The van der Waals surface area contributed by atoms with Gasteiger partial charge >= 0.3 is 0 Å². The lowest BCUT2D eigenvalue weighted by Crippen LogP contribution is -2.50. The SMILES string of the molecule is CC(=O)c1ccc(N2CC(CO)OCC2C)c(F)c1. The van der Waals surface area contributed by atoms with Crippen molar-refractivity contribution in [3.05, 3.63) is 29.6 Å². The zero-order valence-corrected chi connectivity index (χ0v) is 11.1. The van der Waals surface area contributed by atoms with E-state index in [4.69, 9.17) is 9.84 Å². The van der Waals surface area contributed by atoms with E-state index in [1.165, 1.54) is 13.0 Å². The Bertz CT molecular complexity index is 478. The number of nitrogens with zero attached hydrogens (tertiary/aromatic N) is 1. The quantitative estimate of drug-likeness (QED) is 0.845. The van der Waals surface area contributed by atoms with E-state index in [1.54, 1.807) is 12.1 Å². The number of ketones is 1. The van der Waals surface area contributed by atoms with Gasteiger partial charge in [0.15, 0.2) is 5.78 Å². The standard InChI is InChI=1S/C14H18FNO3/c1-9-8-19-12(7-17)6-16(9)14-4-3-11(10(2)18)5-13(14)15/h3-5,9,12,17H,6-8H2,1-2H3. The van der Waals surface area contributed by atoms with Gasteiger partial charge in [-0.05, 0) is 32.0 Å². The molecule has 2 rings (SSSR count). The molecule has 0 bridgehead atoms. The zero-order chi connectivity index (χ0) is 14.0. The number of Topliss-reactive ketones (excluding diaryl/α,β-unsaturated/α-hetero) is 1. The number of hydrogen-bond acceptors (Lipinski definition) is 4. The largest absolute Gasteiger partial charge is 0.394 e. The Kier molecular flexibility index (Phi) is 4.17. The van der Waals surface area contributed by atoms with Crippen LogP contribution in [0.3, 0.4) is 0 Å². The van der Waals surface area contributed by atoms with Crippen molar-refractivity contribution in [1.29, 1.82) is 0 Å². The van der Waals surface area contributed by atoms with E-state index in [2.05, 4.69) is 0 Å². The van der Waals surface area contributed by atoms with Crippen LogP contribution in [0.15, 0.2) is 18.2 Å². The second kappa shape index (κ2) is 5.67. The van der Waals surface area contributed by atoms with Crippen molar-refractivity contribution in [3.63, 3.8) is 0 Å². The summed E-state index contributed by atoms with van der Waals surface area (Å²) in [5, 5.41) is 9.14. The number of halogens is 1. The zero-order valence-electron chi connectivity index (χ0n) is 11.1. The molecule has 0 amide bonds. The van der Waals surface area contributed by atoms with E-state index >= 15 is 0 Å². The number of aliphatic hydroxyl groups is 1. The molecule has 1 aromatic rings. The third-order valence-corrected chi connectivity index (χ3v) is 3.37. The van der Waals surface area contributed by atoms with Gasteiger partial charge in [0.1, 0.15) is 5.82 Å². The summed E-state index contributed by atoms with van der Waals surface area (Å²) in [6.07, 6.45) is -0.303. The minimum Gasteiger partial charge on any atom is -0.394 e. The van der Waals surface area contributed by atoms with Gasteiger partial charge in [-0.25, -0.2) is 4.39 Å². The predicted octanol–water partition coefficient (Wildman–Crippen LogP) is 1.61. The Morgan fingerprint density at radius 1 is 1.58 bits per heavy atom. The van der Waals surface area contributed by atoms with Crippen molar-refractivity contribution in [2.24, 2.45) is 0 Å². The predicted molar refractivity (Wildman–Crippen MR) is 70.0 cm³/mol. The lowest BCUT2D eigenvalue weighted by atomic mass is 10.1. The van der Waals surface area contributed by atoms with Crippen molar-refractivity contribution in [3.8, 4) is 0 Å². The minimum atomic E-state index is -0.418. The highest BCUT2D eigenvalue weighted by Crippen LogP contribution is 2.25. The second-order valence-corrected chi connectivity index (χ2v) is 4.86. The van der Waals surface area contributed by atoms with Gasteiger partial charge in [-0.2, -0.15) is 0 Å². The van der Waals surface area contributed by atoms with Gasteiger partial charge in [0.05, 0.1) is 25.0 Å². The summed E-state index contributed by atoms with van der Waals surface area (Å²) in [6, 6.07) is 4.52. The van der Waals surface area contributed by atoms with Crippen molar-refractivity contribution in [1.82, 2.24) is 0 Å². The van der Waals surface area contributed by atoms with E-state index in [0.29, 0.717) is 24.4 Å². The Hall–Kier alpha value is -1.46. The summed E-state index contributed by atoms with van der Waals surface area (Å²) in [6.45, 7) is 4.14. The van der Waals surface area contributed by atoms with Crippen molar-refractivity contribution >= 4 is 11.5 Å². The number of morpholine rings is 1. The summed E-state index contributed by atoms with van der Waals surface area (Å²) in [7, 11) is 0. The van der Waals surface area contributed by atoms with Crippen molar-refractivity contribution in [2.45, 2.75) is 26.0 Å². The van der Waals surface area contributed by atoms with Gasteiger partial charge in [0.2, 0.25) is 0 Å². The molecule has 1 aliphatic rings. The van der Waals surface area contributed by atoms with Crippen LogP contribution in [0.25, 0.3) is 0 Å². The van der Waals surface area contributed by atoms with Crippen LogP contribution in [-0.4, -0.2) is 42.8 Å². The molecule has 0 spiro atoms. The smallest absolute Gasteiger partial charge is 0.159 e. The second-order valence-electron chi connectivity index (χ2n) is 4.86. The average Bonchev–Trinajstić information content (AvgIpc) is 2.39. The summed E-state index contributed by atoms with van der Waals surface area (Å²) < 4.78 is 19.5. The lowest BCUT2D eigenvalue weighted by Gasteiger charge is -2.39. The van der Waals surface area contributed by atoms with Crippen molar-refractivity contribution in [2.75, 3.05) is 24.7 Å². The van der Waals surface area contributed by atoms with Crippen LogP contribution >= 0.6 is 0 Å². The van der Waals surface area contributed by atoms with Gasteiger partial charge < -0.3 is 14.7 Å². The third-order valence-electron chi connectivity index (χ3n) is 3.37. The first-order valence-electron chi connectivity index (χ1n) is 6.32. The maximum atomic E-state index is 14.1. The number of benzene rings is 1.